The summed E-state index contributed by atoms with van der Waals surface area (Å²) in [5.41, 5.74) is 8.08. The van der Waals surface area contributed by atoms with E-state index >= 15 is 0 Å². The molecule has 2 saturated carbocycles. The highest BCUT2D eigenvalue weighted by atomic mass is 32.1. The van der Waals surface area contributed by atoms with Gasteiger partial charge in [0, 0.05) is 43.8 Å². The van der Waals surface area contributed by atoms with Crippen LogP contribution in [0.25, 0.3) is 41.1 Å². The molecule has 0 atom stereocenters. The first-order valence-corrected chi connectivity index (χ1v) is 33.2. The van der Waals surface area contributed by atoms with Gasteiger partial charge in [-0.3, -0.25) is 9.59 Å². The molecular weight excluding hydrogens is 1140 g/mol. The van der Waals surface area contributed by atoms with Gasteiger partial charge in [0.15, 0.2) is 11.5 Å². The zero-order valence-electron chi connectivity index (χ0n) is 51.1. The van der Waals surface area contributed by atoms with Gasteiger partial charge in [0.2, 0.25) is 0 Å². The molecule has 0 radical (unpaired) electrons. The topological polar surface area (TPSA) is 124 Å². The molecular formula is C76H82O10S2. The predicted octanol–water partition coefficient (Wildman–Crippen LogP) is 18.7. The molecule has 7 aromatic rings. The molecule has 458 valence electrons. The van der Waals surface area contributed by atoms with Crippen LogP contribution in [0.4, 0.5) is 0 Å². The first kappa shape index (κ1) is 64.6. The van der Waals surface area contributed by atoms with Crippen LogP contribution in [0.3, 0.4) is 0 Å². The van der Waals surface area contributed by atoms with Crippen LogP contribution in [0.5, 0.6) is 23.0 Å². The maximum atomic E-state index is 14.8. The lowest BCUT2D eigenvalue weighted by molar-refractivity contribution is -0.140. The molecule has 2 aliphatic carbocycles. The highest BCUT2D eigenvalue weighted by Crippen LogP contribution is 2.54. The highest BCUT2D eigenvalue weighted by molar-refractivity contribution is 7.24. The van der Waals surface area contributed by atoms with Gasteiger partial charge in [-0.05, 0) is 197 Å². The molecule has 0 spiro atoms. The summed E-state index contributed by atoms with van der Waals surface area (Å²) in [4.78, 5) is 53.8. The van der Waals surface area contributed by atoms with Gasteiger partial charge in [-0.2, -0.15) is 0 Å². The number of carbonyl (C=O) groups is 4. The molecule has 0 amide bonds. The summed E-state index contributed by atoms with van der Waals surface area (Å²) >= 11 is 3.07. The third kappa shape index (κ3) is 17.2. The van der Waals surface area contributed by atoms with Gasteiger partial charge >= 0.3 is 23.9 Å². The molecule has 2 fully saturated rings. The van der Waals surface area contributed by atoms with E-state index in [0.717, 1.165) is 178 Å². The van der Waals surface area contributed by atoms with Crippen molar-refractivity contribution in [2.24, 2.45) is 11.8 Å². The molecule has 10 nitrogen and oxygen atoms in total. The number of rotatable bonds is 30. The molecule has 2 aliphatic rings. The van der Waals surface area contributed by atoms with Gasteiger partial charge in [-0.15, -0.1) is 35.5 Å². The molecule has 2 aromatic heterocycles. The van der Waals surface area contributed by atoms with Crippen LogP contribution < -0.4 is 18.9 Å². The summed E-state index contributed by atoms with van der Waals surface area (Å²) in [5, 5.41) is 1.45. The molecule has 0 unspecified atom stereocenters. The number of fused-ring (bicyclic) bond motifs is 2. The summed E-state index contributed by atoms with van der Waals surface area (Å²) in [6, 6.07) is 33.0. The van der Waals surface area contributed by atoms with Gasteiger partial charge in [-0.25, -0.2) is 9.59 Å². The van der Waals surface area contributed by atoms with Crippen LogP contribution in [0.1, 0.15) is 174 Å². The van der Waals surface area contributed by atoms with E-state index in [9.17, 15) is 19.2 Å². The minimum atomic E-state index is -0.367. The number of aryl methyl sites for hydroxylation is 2. The molecule has 0 saturated heterocycles. The third-order valence-corrected chi connectivity index (χ3v) is 19.7. The maximum absolute atomic E-state index is 14.8. The van der Waals surface area contributed by atoms with Crippen molar-refractivity contribution in [1.29, 1.82) is 0 Å². The lowest BCUT2D eigenvalue weighted by Gasteiger charge is -2.28. The lowest BCUT2D eigenvalue weighted by atomic mass is 9.79. The summed E-state index contributed by atoms with van der Waals surface area (Å²) < 4.78 is 37.4. The molecule has 5 aromatic carbocycles. The number of hydrogen-bond donors (Lipinski definition) is 0. The quantitative estimate of drug-likeness (QED) is 0.0141. The van der Waals surface area contributed by atoms with Crippen LogP contribution in [-0.2, 0) is 28.7 Å². The molecule has 88 heavy (non-hydrogen) atoms. The second kappa shape index (κ2) is 32.4. The smallest absolute Gasteiger partial charge is 0.330 e. The maximum Gasteiger partial charge on any atom is 0.330 e. The van der Waals surface area contributed by atoms with Crippen molar-refractivity contribution in [3.63, 3.8) is 0 Å². The Morgan fingerprint density at radius 1 is 0.477 bits per heavy atom. The summed E-state index contributed by atoms with van der Waals surface area (Å²) in [5.74, 6) is 7.02. The fourth-order valence-electron chi connectivity index (χ4n) is 12.3. The van der Waals surface area contributed by atoms with E-state index < -0.39 is 0 Å². The van der Waals surface area contributed by atoms with E-state index in [1.807, 2.05) is 50.2 Å². The largest absolute Gasteiger partial charge is 0.494 e. The average molecular weight is 1220 g/mol. The van der Waals surface area contributed by atoms with Gasteiger partial charge in [0.25, 0.3) is 0 Å². The number of thiophene rings is 2. The Balaban J connectivity index is 0.872. The number of terminal acetylenes is 2. The number of ether oxygens (including phenoxy) is 6. The Hall–Kier alpha value is -7.90. The van der Waals surface area contributed by atoms with Crippen molar-refractivity contribution < 1.29 is 47.6 Å². The van der Waals surface area contributed by atoms with Crippen molar-refractivity contribution in [3.8, 4) is 68.6 Å². The standard InChI is InChI=1S/C76H82O10S2/c1-7-53-23-41-63(51(5)47-53)67-49-65-71(85-75(79)59-29-25-55(26-30-59)57-33-37-61(38-34-57)81-43-19-15-11-13-17-21-45-83-69(77)9-3)74-66(50-68(88-74)64-42-24-54(8-2)48-52(64)6)72(73(65)87-67)86-76(80)60-31-27-56(28-32-60)58-35-39-62(40-36-58)82-44-20-16-12-14-18-22-46-84-70(78)10-4/h1-2,9-10,23-24,33-42,47-50,55-56,59-60H,3-4,11-22,25-32,43-46H2,5-6H3. The normalized spacial score (nSPS) is 16.5. The molecule has 0 bridgehead atoms. The number of hydrogen-bond acceptors (Lipinski definition) is 12. The zero-order valence-corrected chi connectivity index (χ0v) is 52.8. The number of benzene rings is 5. The third-order valence-electron chi connectivity index (χ3n) is 17.3. The molecule has 2 heterocycles. The van der Waals surface area contributed by atoms with Crippen molar-refractivity contribution in [3.05, 3.63) is 156 Å². The van der Waals surface area contributed by atoms with Crippen molar-refractivity contribution in [2.45, 2.75) is 154 Å². The Labute approximate surface area is 528 Å². The average Bonchev–Trinajstić information content (AvgIpc) is 1.71. The zero-order chi connectivity index (χ0) is 61.8. The Morgan fingerprint density at radius 3 is 1.17 bits per heavy atom. The second-order valence-corrected chi connectivity index (χ2v) is 25.6. The van der Waals surface area contributed by atoms with Crippen molar-refractivity contribution in [2.75, 3.05) is 26.4 Å². The van der Waals surface area contributed by atoms with Crippen LogP contribution >= 0.6 is 22.7 Å². The Morgan fingerprint density at radius 2 is 0.830 bits per heavy atom. The van der Waals surface area contributed by atoms with Crippen molar-refractivity contribution in [1.82, 2.24) is 0 Å². The van der Waals surface area contributed by atoms with Crippen molar-refractivity contribution >= 4 is 66.7 Å². The Kier molecular flexibility index (Phi) is 23.7. The second-order valence-electron chi connectivity index (χ2n) is 23.5. The van der Waals surface area contributed by atoms with Crippen LogP contribution in [0, 0.1) is 50.4 Å². The lowest BCUT2D eigenvalue weighted by Crippen LogP contribution is -2.25. The van der Waals surface area contributed by atoms with E-state index in [2.05, 4.69) is 85.7 Å². The molecule has 0 aliphatic heterocycles. The van der Waals surface area contributed by atoms with E-state index in [1.54, 1.807) is 0 Å². The number of unbranched alkanes of at least 4 members (excludes halogenated alkanes) is 10. The van der Waals surface area contributed by atoms with E-state index in [0.29, 0.717) is 75.4 Å². The fraction of sp³-hybridized carbons (Fsp3) is 0.395. The highest BCUT2D eigenvalue weighted by Gasteiger charge is 2.34. The number of carbonyl (C=O) groups excluding carboxylic acids is 4. The van der Waals surface area contributed by atoms with Crippen LogP contribution in [-0.4, -0.2) is 50.3 Å². The Bertz CT molecular complexity index is 3340. The van der Waals surface area contributed by atoms with Crippen LogP contribution in [0.15, 0.2) is 122 Å². The molecule has 0 N–H and O–H groups in total. The van der Waals surface area contributed by atoms with Crippen LogP contribution in [0.2, 0.25) is 0 Å². The first-order valence-electron chi connectivity index (χ1n) is 31.6. The molecule has 12 heteroatoms. The van der Waals surface area contributed by atoms with E-state index in [1.165, 1.54) is 46.0 Å². The van der Waals surface area contributed by atoms with Gasteiger partial charge in [0.1, 0.15) is 11.5 Å². The SMILES string of the molecule is C#Cc1ccc(-c2cc3c(OC(=O)C4CCC(c5ccc(OCCCCCCCCOC(=O)C=C)cc5)CC4)c4sc(-c5ccc(C#C)cc5C)cc4c(OC(=O)C4CCC(c5ccc(OCCCCCCCCOC(=O)C=C)cc5)CC4)c3s2)c(C)c1. The first-order chi connectivity index (χ1) is 42.9. The summed E-state index contributed by atoms with van der Waals surface area (Å²) in [7, 11) is 0. The predicted molar refractivity (Wildman–Crippen MR) is 356 cm³/mol. The van der Waals surface area contributed by atoms with Gasteiger partial charge in [-0.1, -0.05) is 113 Å². The number of esters is 4. The van der Waals surface area contributed by atoms with Gasteiger partial charge < -0.3 is 28.4 Å². The minimum absolute atomic E-state index is 0.254. The van der Waals surface area contributed by atoms with E-state index in [-0.39, 0.29) is 35.7 Å². The fourth-order valence-corrected chi connectivity index (χ4v) is 14.7. The summed E-state index contributed by atoms with van der Waals surface area (Å²) in [6.07, 6.45) is 32.6. The van der Waals surface area contributed by atoms with E-state index in [4.69, 9.17) is 41.3 Å². The molecule has 9 rings (SSSR count). The summed E-state index contributed by atoms with van der Waals surface area (Å²) in [6.45, 7) is 13.2. The monoisotopic (exact) mass is 1220 g/mol. The minimum Gasteiger partial charge on any atom is -0.494 e. The van der Waals surface area contributed by atoms with Gasteiger partial charge in [0.05, 0.1) is 47.7 Å².